The second-order valence-electron chi connectivity index (χ2n) is 5.63. The van der Waals surface area contributed by atoms with Crippen molar-refractivity contribution in [3.63, 3.8) is 0 Å². The van der Waals surface area contributed by atoms with E-state index in [0.29, 0.717) is 13.1 Å². The van der Waals surface area contributed by atoms with Gasteiger partial charge in [-0.3, -0.25) is 4.79 Å². The number of hydrogen-bond acceptors (Lipinski definition) is 3. The molecule has 22 heavy (non-hydrogen) atoms. The van der Waals surface area contributed by atoms with Crippen LogP contribution in [0.4, 0.5) is 5.82 Å². The number of halogens is 1. The van der Waals surface area contributed by atoms with E-state index in [4.69, 9.17) is 0 Å². The zero-order chi connectivity index (χ0) is 15.4. The maximum absolute atomic E-state index is 11.9. The van der Waals surface area contributed by atoms with Crippen LogP contribution in [0.3, 0.4) is 0 Å². The average molecular weight is 363 g/mol. The van der Waals surface area contributed by atoms with E-state index in [1.807, 2.05) is 30.3 Å². The summed E-state index contributed by atoms with van der Waals surface area (Å²) in [5.41, 5.74) is 1.13. The van der Waals surface area contributed by atoms with Crippen LogP contribution in [0, 0.1) is 5.92 Å². The van der Waals surface area contributed by atoms with Gasteiger partial charge in [0, 0.05) is 10.5 Å². The van der Waals surface area contributed by atoms with Crippen molar-refractivity contribution in [3.05, 3.63) is 46.6 Å². The largest absolute Gasteiger partial charge is 0.310 e. The third kappa shape index (κ3) is 4.42. The highest BCUT2D eigenvalue weighted by molar-refractivity contribution is 9.10. The van der Waals surface area contributed by atoms with Crippen molar-refractivity contribution >= 4 is 27.7 Å². The topological polar surface area (TPSA) is 59.0 Å². The molecule has 2 aromatic rings. The Morgan fingerprint density at radius 3 is 3.00 bits per heavy atom. The third-order valence-corrected chi connectivity index (χ3v) is 4.11. The first-order chi connectivity index (χ1) is 10.7. The Labute approximate surface area is 138 Å². The molecule has 0 bridgehead atoms. The highest BCUT2D eigenvalue weighted by Crippen LogP contribution is 2.27. The molecule has 3 rings (SSSR count). The molecule has 1 aromatic heterocycles. The molecule has 0 aliphatic heterocycles. The lowest BCUT2D eigenvalue weighted by atomic mass is 10.2. The van der Waals surface area contributed by atoms with E-state index in [2.05, 4.69) is 31.7 Å². The molecule has 2 N–H and O–H groups in total. The Kier molecular flexibility index (Phi) is 4.90. The van der Waals surface area contributed by atoms with E-state index in [0.717, 1.165) is 28.3 Å². The smallest absolute Gasteiger partial charge is 0.239 e. The molecule has 0 atom stereocenters. The van der Waals surface area contributed by atoms with Crippen molar-refractivity contribution in [2.24, 2.45) is 5.92 Å². The Morgan fingerprint density at radius 2 is 2.23 bits per heavy atom. The minimum absolute atomic E-state index is 0.0309. The zero-order valence-electron chi connectivity index (χ0n) is 12.3. The number of carbonyl (C=O) groups excluding carboxylic acids is 1. The summed E-state index contributed by atoms with van der Waals surface area (Å²) < 4.78 is 2.83. The van der Waals surface area contributed by atoms with Gasteiger partial charge in [-0.2, -0.15) is 5.10 Å². The number of carbonyl (C=O) groups is 1. The minimum Gasteiger partial charge on any atom is -0.310 e. The summed E-state index contributed by atoms with van der Waals surface area (Å²) in [5, 5.41) is 10.4. The van der Waals surface area contributed by atoms with Crippen molar-refractivity contribution in [3.8, 4) is 0 Å². The van der Waals surface area contributed by atoms with E-state index < -0.39 is 0 Å². The summed E-state index contributed by atoms with van der Waals surface area (Å²) in [7, 11) is 0. The van der Waals surface area contributed by atoms with Crippen LogP contribution in [-0.4, -0.2) is 28.8 Å². The maximum Gasteiger partial charge on any atom is 0.239 e. The molecule has 6 heteroatoms. The molecule has 0 spiro atoms. The molecular weight excluding hydrogens is 344 g/mol. The van der Waals surface area contributed by atoms with Gasteiger partial charge in [0.1, 0.15) is 5.82 Å². The molecule has 5 nitrogen and oxygen atoms in total. The number of benzene rings is 1. The molecule has 1 fully saturated rings. The second-order valence-corrected chi connectivity index (χ2v) is 6.54. The number of rotatable bonds is 7. The summed E-state index contributed by atoms with van der Waals surface area (Å²) in [4.78, 5) is 11.9. The number of aromatic nitrogens is 2. The fourth-order valence-corrected chi connectivity index (χ4v) is 2.72. The number of hydrogen-bond donors (Lipinski definition) is 2. The summed E-state index contributed by atoms with van der Waals surface area (Å²) in [5.74, 6) is 1.46. The lowest BCUT2D eigenvalue weighted by molar-refractivity contribution is -0.115. The first kappa shape index (κ1) is 15.2. The highest BCUT2D eigenvalue weighted by Gasteiger charge is 2.20. The molecule has 1 heterocycles. The summed E-state index contributed by atoms with van der Waals surface area (Å²) in [6, 6.07) is 9.88. The molecule has 0 saturated heterocycles. The molecule has 1 amide bonds. The fraction of sp³-hybridized carbons (Fsp3) is 0.375. The molecule has 1 aliphatic rings. The summed E-state index contributed by atoms with van der Waals surface area (Å²) in [6.07, 6.45) is 4.27. The van der Waals surface area contributed by atoms with Gasteiger partial charge in [-0.05, 0) is 43.0 Å². The summed E-state index contributed by atoms with van der Waals surface area (Å²) >= 11 is 3.46. The van der Waals surface area contributed by atoms with E-state index in [1.54, 1.807) is 10.9 Å². The lowest BCUT2D eigenvalue weighted by Gasteiger charge is -2.10. The fourth-order valence-electron chi connectivity index (χ4n) is 2.27. The van der Waals surface area contributed by atoms with E-state index in [9.17, 15) is 4.79 Å². The van der Waals surface area contributed by atoms with Gasteiger partial charge in [0.2, 0.25) is 5.91 Å². The molecule has 116 valence electrons. The number of amides is 1. The molecule has 0 unspecified atom stereocenters. The van der Waals surface area contributed by atoms with Gasteiger partial charge in [0.25, 0.3) is 0 Å². The maximum atomic E-state index is 11.9. The molecule has 1 aromatic carbocycles. The van der Waals surface area contributed by atoms with Crippen molar-refractivity contribution in [2.75, 3.05) is 18.4 Å². The van der Waals surface area contributed by atoms with E-state index >= 15 is 0 Å². The van der Waals surface area contributed by atoms with Crippen LogP contribution in [0.1, 0.15) is 18.4 Å². The first-order valence-corrected chi connectivity index (χ1v) is 8.27. The number of anilines is 1. The van der Waals surface area contributed by atoms with Crippen LogP contribution in [0.25, 0.3) is 0 Å². The SMILES string of the molecule is O=C(CNCC1CC1)Nc1ccnn1Cc1cccc(Br)c1. The molecule has 0 radical (unpaired) electrons. The van der Waals surface area contributed by atoms with Crippen LogP contribution in [0.5, 0.6) is 0 Å². The van der Waals surface area contributed by atoms with Crippen LogP contribution in [0.2, 0.25) is 0 Å². The highest BCUT2D eigenvalue weighted by atomic mass is 79.9. The minimum atomic E-state index is -0.0309. The average Bonchev–Trinajstić information content (AvgIpc) is 3.21. The van der Waals surface area contributed by atoms with Gasteiger partial charge in [0.15, 0.2) is 0 Å². The van der Waals surface area contributed by atoms with E-state index in [-0.39, 0.29) is 5.91 Å². The Morgan fingerprint density at radius 1 is 1.36 bits per heavy atom. The molecule has 1 aliphatic carbocycles. The third-order valence-electron chi connectivity index (χ3n) is 3.62. The first-order valence-electron chi connectivity index (χ1n) is 7.47. The Balaban J connectivity index is 1.55. The van der Waals surface area contributed by atoms with Crippen molar-refractivity contribution < 1.29 is 4.79 Å². The van der Waals surface area contributed by atoms with Crippen LogP contribution in [-0.2, 0) is 11.3 Å². The normalized spacial score (nSPS) is 14.0. The van der Waals surface area contributed by atoms with Gasteiger partial charge in [-0.15, -0.1) is 0 Å². The standard InChI is InChI=1S/C16H19BrN4O/c17-14-3-1-2-13(8-14)11-21-15(6-7-19-21)20-16(22)10-18-9-12-4-5-12/h1-3,6-8,12,18H,4-5,9-11H2,(H,20,22). The van der Waals surface area contributed by atoms with Crippen molar-refractivity contribution in [2.45, 2.75) is 19.4 Å². The Bertz CT molecular complexity index is 651. The quantitative estimate of drug-likeness (QED) is 0.795. The van der Waals surface area contributed by atoms with Gasteiger partial charge < -0.3 is 10.6 Å². The van der Waals surface area contributed by atoms with Crippen molar-refractivity contribution in [1.82, 2.24) is 15.1 Å². The van der Waals surface area contributed by atoms with Gasteiger partial charge in [0.05, 0.1) is 19.3 Å². The predicted molar refractivity (Wildman–Crippen MR) is 89.7 cm³/mol. The van der Waals surface area contributed by atoms with Gasteiger partial charge in [-0.1, -0.05) is 28.1 Å². The van der Waals surface area contributed by atoms with Gasteiger partial charge in [-0.25, -0.2) is 4.68 Å². The van der Waals surface area contributed by atoms with E-state index in [1.165, 1.54) is 12.8 Å². The van der Waals surface area contributed by atoms with Crippen molar-refractivity contribution in [1.29, 1.82) is 0 Å². The van der Waals surface area contributed by atoms with Crippen LogP contribution >= 0.6 is 15.9 Å². The van der Waals surface area contributed by atoms with Crippen LogP contribution in [0.15, 0.2) is 41.0 Å². The van der Waals surface area contributed by atoms with Gasteiger partial charge >= 0.3 is 0 Å². The number of nitrogens with zero attached hydrogens (tertiary/aromatic N) is 2. The number of nitrogens with one attached hydrogen (secondary N) is 2. The zero-order valence-corrected chi connectivity index (χ0v) is 13.8. The predicted octanol–water partition coefficient (Wildman–Crippen LogP) is 2.63. The van der Waals surface area contributed by atoms with Crippen LogP contribution < -0.4 is 10.6 Å². The molecule has 1 saturated carbocycles. The lowest BCUT2D eigenvalue weighted by Crippen LogP contribution is -2.30. The summed E-state index contributed by atoms with van der Waals surface area (Å²) in [6.45, 7) is 1.90. The Hall–Kier alpha value is -1.66. The second kappa shape index (κ2) is 7.07. The molecular formula is C16H19BrN4O. The monoisotopic (exact) mass is 362 g/mol.